The minimum absolute atomic E-state index is 0.0490. The van der Waals surface area contributed by atoms with Gasteiger partial charge in [0.1, 0.15) is 6.61 Å². The van der Waals surface area contributed by atoms with Crippen LogP contribution in [0.3, 0.4) is 0 Å². The maximum Gasteiger partial charge on any atom is 0.311 e. The molecular formula is C11H16N2O4. The van der Waals surface area contributed by atoms with Crippen LogP contribution in [-0.4, -0.2) is 29.8 Å². The predicted octanol–water partition coefficient (Wildman–Crippen LogP) is 1.08. The molecule has 0 radical (unpaired) electrons. The number of nitro groups is 1. The monoisotopic (exact) mass is 240 g/mol. The molecule has 0 unspecified atom stereocenters. The first-order chi connectivity index (χ1) is 8.19. The minimum Gasteiger partial charge on any atom is -0.484 e. The number of ether oxygens (including phenoxy) is 1. The second-order valence-corrected chi connectivity index (χ2v) is 3.41. The molecule has 0 aromatic heterocycles. The van der Waals surface area contributed by atoms with Crippen molar-refractivity contribution in [3.8, 4) is 5.75 Å². The third-order valence-electron chi connectivity index (χ3n) is 2.15. The lowest BCUT2D eigenvalue weighted by Gasteiger charge is -2.07. The minimum atomic E-state index is -0.484. The van der Waals surface area contributed by atoms with Crippen LogP contribution in [0.4, 0.5) is 5.69 Å². The molecular weight excluding hydrogens is 224 g/mol. The quantitative estimate of drug-likeness (QED) is 0.550. The summed E-state index contributed by atoms with van der Waals surface area (Å²) in [6.45, 7) is 3.23. The van der Waals surface area contributed by atoms with E-state index in [0.29, 0.717) is 6.54 Å². The fourth-order valence-electron chi connectivity index (χ4n) is 1.36. The number of benzene rings is 1. The van der Waals surface area contributed by atoms with Crippen molar-refractivity contribution < 1.29 is 14.8 Å². The summed E-state index contributed by atoms with van der Waals surface area (Å²) in [5.41, 5.74) is 0.753. The van der Waals surface area contributed by atoms with Crippen molar-refractivity contribution in [2.45, 2.75) is 13.5 Å². The molecule has 0 bridgehead atoms. The zero-order chi connectivity index (χ0) is 12.7. The second kappa shape index (κ2) is 6.82. The van der Waals surface area contributed by atoms with Gasteiger partial charge in [-0.3, -0.25) is 10.1 Å². The third kappa shape index (κ3) is 4.01. The Kier molecular flexibility index (Phi) is 5.38. The third-order valence-corrected chi connectivity index (χ3v) is 2.15. The number of nitro benzene ring substituents is 1. The van der Waals surface area contributed by atoms with Gasteiger partial charge in [-0.2, -0.15) is 0 Å². The molecule has 0 aliphatic heterocycles. The first kappa shape index (κ1) is 13.4. The lowest BCUT2D eigenvalue weighted by Crippen LogP contribution is -2.12. The molecule has 0 aliphatic carbocycles. The smallest absolute Gasteiger partial charge is 0.311 e. The van der Waals surface area contributed by atoms with E-state index < -0.39 is 4.92 Å². The molecule has 94 valence electrons. The molecule has 1 rings (SSSR count). The maximum absolute atomic E-state index is 10.9. The molecule has 0 fully saturated rings. The number of aliphatic hydroxyl groups excluding tert-OH is 1. The topological polar surface area (TPSA) is 84.6 Å². The van der Waals surface area contributed by atoms with Gasteiger partial charge in [0, 0.05) is 12.6 Å². The first-order valence-corrected chi connectivity index (χ1v) is 5.40. The van der Waals surface area contributed by atoms with Crippen molar-refractivity contribution in [2.75, 3.05) is 19.8 Å². The van der Waals surface area contributed by atoms with Gasteiger partial charge in [0.25, 0.3) is 0 Å². The molecule has 0 saturated heterocycles. The molecule has 17 heavy (non-hydrogen) atoms. The molecule has 0 spiro atoms. The zero-order valence-corrected chi connectivity index (χ0v) is 9.68. The van der Waals surface area contributed by atoms with E-state index in [9.17, 15) is 10.1 Å². The highest BCUT2D eigenvalue weighted by Gasteiger charge is 2.15. The van der Waals surface area contributed by atoms with Crippen LogP contribution < -0.4 is 10.1 Å². The van der Waals surface area contributed by atoms with Crippen LogP contribution in [0.1, 0.15) is 12.5 Å². The average molecular weight is 240 g/mol. The van der Waals surface area contributed by atoms with Gasteiger partial charge in [-0.15, -0.1) is 0 Å². The Hall–Kier alpha value is -1.66. The van der Waals surface area contributed by atoms with E-state index in [4.69, 9.17) is 9.84 Å². The van der Waals surface area contributed by atoms with Gasteiger partial charge < -0.3 is 15.2 Å². The van der Waals surface area contributed by atoms with Crippen molar-refractivity contribution in [2.24, 2.45) is 0 Å². The molecule has 0 aliphatic rings. The van der Waals surface area contributed by atoms with Crippen LogP contribution in [0.2, 0.25) is 0 Å². The lowest BCUT2D eigenvalue weighted by atomic mass is 10.2. The summed E-state index contributed by atoms with van der Waals surface area (Å²) in [7, 11) is 0. The van der Waals surface area contributed by atoms with Crippen LogP contribution in [-0.2, 0) is 6.54 Å². The first-order valence-electron chi connectivity index (χ1n) is 5.40. The molecule has 6 nitrogen and oxygen atoms in total. The van der Waals surface area contributed by atoms with Gasteiger partial charge >= 0.3 is 5.69 Å². The van der Waals surface area contributed by atoms with Crippen LogP contribution in [0.25, 0.3) is 0 Å². The van der Waals surface area contributed by atoms with Crippen molar-refractivity contribution in [1.82, 2.24) is 5.32 Å². The van der Waals surface area contributed by atoms with E-state index in [1.165, 1.54) is 6.07 Å². The number of hydrogen-bond acceptors (Lipinski definition) is 5. The summed E-state index contributed by atoms with van der Waals surface area (Å²) >= 11 is 0. The molecule has 0 heterocycles. The van der Waals surface area contributed by atoms with Crippen LogP contribution in [0, 0.1) is 10.1 Å². The molecule has 1 aromatic rings. The molecule has 0 atom stereocenters. The lowest BCUT2D eigenvalue weighted by molar-refractivity contribution is -0.385. The fourth-order valence-corrected chi connectivity index (χ4v) is 1.36. The number of hydrogen-bond donors (Lipinski definition) is 2. The SMILES string of the molecule is CCNCc1ccc(OCCO)c([N+](=O)[O-])c1. The summed E-state index contributed by atoms with van der Waals surface area (Å²) in [6.07, 6.45) is 0. The van der Waals surface area contributed by atoms with Gasteiger partial charge in [-0.25, -0.2) is 0 Å². The second-order valence-electron chi connectivity index (χ2n) is 3.41. The van der Waals surface area contributed by atoms with Crippen LogP contribution in [0.5, 0.6) is 5.75 Å². The predicted molar refractivity (Wildman–Crippen MR) is 63.1 cm³/mol. The summed E-state index contributed by atoms with van der Waals surface area (Å²) in [4.78, 5) is 10.4. The van der Waals surface area contributed by atoms with Gasteiger partial charge in [0.15, 0.2) is 5.75 Å². The standard InChI is InChI=1S/C11H16N2O4/c1-2-12-8-9-3-4-11(17-6-5-14)10(7-9)13(15)16/h3-4,7,12,14H,2,5-6,8H2,1H3. The van der Waals surface area contributed by atoms with E-state index in [-0.39, 0.29) is 24.7 Å². The fraction of sp³-hybridized carbons (Fsp3) is 0.455. The Labute approximate surface area is 99.4 Å². The summed E-state index contributed by atoms with van der Waals surface area (Å²) in [6, 6.07) is 4.80. The highest BCUT2D eigenvalue weighted by molar-refractivity contribution is 5.48. The number of rotatable bonds is 7. The Bertz CT molecular complexity index is 382. The van der Waals surface area contributed by atoms with E-state index in [1.807, 2.05) is 6.92 Å². The Morgan fingerprint density at radius 2 is 2.29 bits per heavy atom. The van der Waals surface area contributed by atoms with Gasteiger partial charge in [0.05, 0.1) is 11.5 Å². The Morgan fingerprint density at radius 3 is 2.88 bits per heavy atom. The Morgan fingerprint density at radius 1 is 1.53 bits per heavy atom. The normalized spacial score (nSPS) is 10.2. The van der Waals surface area contributed by atoms with Crippen molar-refractivity contribution in [1.29, 1.82) is 0 Å². The highest BCUT2D eigenvalue weighted by atomic mass is 16.6. The molecule has 1 aromatic carbocycles. The summed E-state index contributed by atoms with van der Waals surface area (Å²) in [5, 5.41) is 22.6. The van der Waals surface area contributed by atoms with Crippen LogP contribution in [0.15, 0.2) is 18.2 Å². The highest BCUT2D eigenvalue weighted by Crippen LogP contribution is 2.27. The van der Waals surface area contributed by atoms with Crippen molar-refractivity contribution >= 4 is 5.69 Å². The van der Waals surface area contributed by atoms with E-state index in [0.717, 1.165) is 12.1 Å². The van der Waals surface area contributed by atoms with Gasteiger partial charge in [0.2, 0.25) is 0 Å². The van der Waals surface area contributed by atoms with Crippen LogP contribution >= 0.6 is 0 Å². The number of nitrogens with one attached hydrogen (secondary N) is 1. The van der Waals surface area contributed by atoms with Crippen molar-refractivity contribution in [3.63, 3.8) is 0 Å². The van der Waals surface area contributed by atoms with E-state index in [1.54, 1.807) is 12.1 Å². The molecule has 2 N–H and O–H groups in total. The molecule has 0 amide bonds. The Balaban J connectivity index is 2.87. The van der Waals surface area contributed by atoms with Gasteiger partial charge in [-0.1, -0.05) is 13.0 Å². The van der Waals surface area contributed by atoms with Gasteiger partial charge in [-0.05, 0) is 18.2 Å². The van der Waals surface area contributed by atoms with E-state index >= 15 is 0 Å². The average Bonchev–Trinajstić information content (AvgIpc) is 2.34. The summed E-state index contributed by atoms with van der Waals surface area (Å²) < 4.78 is 5.09. The zero-order valence-electron chi connectivity index (χ0n) is 9.68. The molecule has 6 heteroatoms. The van der Waals surface area contributed by atoms with Crippen molar-refractivity contribution in [3.05, 3.63) is 33.9 Å². The molecule has 0 saturated carbocycles. The number of nitrogens with zero attached hydrogens (tertiary/aromatic N) is 1. The largest absolute Gasteiger partial charge is 0.484 e. The maximum atomic E-state index is 10.9. The summed E-state index contributed by atoms with van der Waals surface area (Å²) in [5.74, 6) is 0.185. The van der Waals surface area contributed by atoms with E-state index in [2.05, 4.69) is 5.32 Å². The number of aliphatic hydroxyl groups is 1.